The Morgan fingerprint density at radius 2 is 1.80 bits per heavy atom. The molecule has 3 nitrogen and oxygen atoms in total. The lowest BCUT2D eigenvalue weighted by atomic mass is 9.75. The van der Waals surface area contributed by atoms with Crippen molar-refractivity contribution >= 4 is 5.97 Å². The minimum atomic E-state index is -0.169. The number of rotatable bonds is 6. The zero-order valence-corrected chi connectivity index (χ0v) is 15.6. The number of hydrogen-bond donors (Lipinski definition) is 0. The Morgan fingerprint density at radius 1 is 1.12 bits per heavy atom. The number of benzene rings is 1. The van der Waals surface area contributed by atoms with Crippen molar-refractivity contribution in [2.45, 2.75) is 64.2 Å². The molecule has 1 atom stereocenters. The molecule has 3 heteroatoms. The number of carbonyl (C=O) groups is 1. The fourth-order valence-electron chi connectivity index (χ4n) is 4.35. The second-order valence-electron chi connectivity index (χ2n) is 7.76. The summed E-state index contributed by atoms with van der Waals surface area (Å²) >= 11 is 0. The lowest BCUT2D eigenvalue weighted by molar-refractivity contribution is -0.140. The van der Waals surface area contributed by atoms with Crippen LogP contribution in [0.2, 0.25) is 0 Å². The van der Waals surface area contributed by atoms with E-state index in [1.54, 1.807) is 0 Å². The molecule has 0 radical (unpaired) electrons. The molecule has 136 valence electrons. The van der Waals surface area contributed by atoms with Crippen molar-refractivity contribution in [3.8, 4) is 5.75 Å². The van der Waals surface area contributed by atoms with Gasteiger partial charge in [-0.05, 0) is 66.7 Å². The summed E-state index contributed by atoms with van der Waals surface area (Å²) in [6.45, 7) is 2.75. The Morgan fingerprint density at radius 3 is 2.48 bits per heavy atom. The lowest BCUT2D eigenvalue weighted by Crippen LogP contribution is -2.19. The molecule has 0 unspecified atom stereocenters. The molecule has 2 aliphatic carbocycles. The Balaban J connectivity index is 1.55. The number of carbonyl (C=O) groups excluding carboxylic acids is 1. The maximum absolute atomic E-state index is 11.4. The molecular weight excluding hydrogens is 312 g/mol. The largest absolute Gasteiger partial charge is 0.489 e. The summed E-state index contributed by atoms with van der Waals surface area (Å²) in [6.07, 6.45) is 12.3. The summed E-state index contributed by atoms with van der Waals surface area (Å²) < 4.78 is 10.8. The second-order valence-corrected chi connectivity index (χ2v) is 7.76. The number of hydrogen-bond acceptors (Lipinski definition) is 3. The first-order valence-corrected chi connectivity index (χ1v) is 9.60. The third-order valence-corrected chi connectivity index (χ3v) is 5.86. The van der Waals surface area contributed by atoms with Crippen LogP contribution in [-0.4, -0.2) is 19.7 Å². The van der Waals surface area contributed by atoms with Gasteiger partial charge in [0.2, 0.25) is 0 Å². The fourth-order valence-corrected chi connectivity index (χ4v) is 4.35. The summed E-state index contributed by atoms with van der Waals surface area (Å²) in [4.78, 5) is 11.4. The van der Waals surface area contributed by atoms with Crippen molar-refractivity contribution in [1.29, 1.82) is 0 Å². The molecule has 25 heavy (non-hydrogen) atoms. The molecular formula is C22H30O3. The minimum Gasteiger partial charge on any atom is -0.489 e. The Bertz CT molecular complexity index is 609. The van der Waals surface area contributed by atoms with Gasteiger partial charge in [0, 0.05) is 0 Å². The summed E-state index contributed by atoms with van der Waals surface area (Å²) in [5, 5.41) is 0. The molecule has 1 saturated carbocycles. The van der Waals surface area contributed by atoms with Crippen LogP contribution in [-0.2, 0) is 9.53 Å². The molecule has 1 aromatic rings. The van der Waals surface area contributed by atoms with Gasteiger partial charge in [0.05, 0.1) is 13.5 Å². The molecule has 0 N–H and O–H groups in total. The molecule has 1 aromatic carbocycles. The van der Waals surface area contributed by atoms with Gasteiger partial charge in [-0.2, -0.15) is 0 Å². The van der Waals surface area contributed by atoms with Crippen LogP contribution < -0.4 is 4.74 Å². The van der Waals surface area contributed by atoms with Gasteiger partial charge in [-0.25, -0.2) is 0 Å². The first kappa shape index (κ1) is 18.0. The normalized spacial score (nSPS) is 20.2. The zero-order valence-electron chi connectivity index (χ0n) is 15.6. The maximum Gasteiger partial charge on any atom is 0.306 e. The molecule has 0 amide bonds. The summed E-state index contributed by atoms with van der Waals surface area (Å²) in [6, 6.07) is 8.13. The quantitative estimate of drug-likeness (QED) is 0.513. The van der Waals surface area contributed by atoms with Crippen LogP contribution in [0.3, 0.4) is 0 Å². The molecule has 3 rings (SSSR count). The van der Waals surface area contributed by atoms with E-state index in [0.717, 1.165) is 11.3 Å². The molecule has 0 saturated heterocycles. The fraction of sp³-hybridized carbons (Fsp3) is 0.591. The number of methoxy groups -OCH3 is 1. The van der Waals surface area contributed by atoms with E-state index in [9.17, 15) is 4.79 Å². The minimum absolute atomic E-state index is 0.157. The van der Waals surface area contributed by atoms with Crippen LogP contribution in [0.4, 0.5) is 0 Å². The molecule has 0 heterocycles. The number of ether oxygens (including phenoxy) is 2. The highest BCUT2D eigenvalue weighted by atomic mass is 16.5. The van der Waals surface area contributed by atoms with Crippen LogP contribution in [0.15, 0.2) is 35.9 Å². The predicted molar refractivity (Wildman–Crippen MR) is 99.8 cm³/mol. The van der Waals surface area contributed by atoms with Gasteiger partial charge >= 0.3 is 5.97 Å². The smallest absolute Gasteiger partial charge is 0.306 e. The number of allylic oxidation sites excluding steroid dienone is 1. The van der Waals surface area contributed by atoms with Crippen LogP contribution >= 0.6 is 0 Å². The average Bonchev–Trinajstić information content (AvgIpc) is 3.07. The van der Waals surface area contributed by atoms with Gasteiger partial charge in [-0.15, -0.1) is 0 Å². The van der Waals surface area contributed by atoms with E-state index < -0.39 is 0 Å². The van der Waals surface area contributed by atoms with Crippen molar-refractivity contribution in [1.82, 2.24) is 0 Å². The standard InChI is InChI=1S/C22H30O3/c1-17(14-21(23)24-2)19-7-9-20(10-8-19)25-16-18-6-5-13-22(15-18)11-3-4-12-22/h7-10,15,17H,3-6,11-14,16H2,1-2H3/t17-/m1/s1. The molecule has 1 fully saturated rings. The Hall–Kier alpha value is -1.77. The lowest BCUT2D eigenvalue weighted by Gasteiger charge is -2.31. The van der Waals surface area contributed by atoms with Crippen molar-refractivity contribution < 1.29 is 14.3 Å². The first-order chi connectivity index (χ1) is 12.1. The van der Waals surface area contributed by atoms with Crippen molar-refractivity contribution in [2.24, 2.45) is 5.41 Å². The summed E-state index contributed by atoms with van der Waals surface area (Å²) in [5.41, 5.74) is 3.10. The monoisotopic (exact) mass is 342 g/mol. The highest BCUT2D eigenvalue weighted by molar-refractivity contribution is 5.70. The third kappa shape index (κ3) is 4.65. The van der Waals surface area contributed by atoms with E-state index >= 15 is 0 Å². The van der Waals surface area contributed by atoms with E-state index in [4.69, 9.17) is 9.47 Å². The van der Waals surface area contributed by atoms with Crippen LogP contribution in [0, 0.1) is 5.41 Å². The SMILES string of the molecule is COC(=O)C[C@@H](C)c1ccc(OCC2=CC3(CCCC3)CCC2)cc1. The highest BCUT2D eigenvalue weighted by Crippen LogP contribution is 2.47. The van der Waals surface area contributed by atoms with Crippen molar-refractivity contribution in [2.75, 3.05) is 13.7 Å². The maximum atomic E-state index is 11.4. The first-order valence-electron chi connectivity index (χ1n) is 9.60. The highest BCUT2D eigenvalue weighted by Gasteiger charge is 2.33. The molecule has 1 spiro atoms. The third-order valence-electron chi connectivity index (χ3n) is 5.86. The predicted octanol–water partition coefficient (Wildman–Crippen LogP) is 5.40. The van der Waals surface area contributed by atoms with Crippen LogP contribution in [0.5, 0.6) is 5.75 Å². The summed E-state index contributed by atoms with van der Waals surface area (Å²) in [5.74, 6) is 0.892. The van der Waals surface area contributed by atoms with Crippen molar-refractivity contribution in [3.63, 3.8) is 0 Å². The number of esters is 1. The van der Waals surface area contributed by atoms with E-state index in [2.05, 4.69) is 18.2 Å². The molecule has 0 bridgehead atoms. The van der Waals surface area contributed by atoms with Gasteiger partial charge in [0.25, 0.3) is 0 Å². The second kappa shape index (κ2) is 8.07. The average molecular weight is 342 g/mol. The Kier molecular flexibility index (Phi) is 5.82. The van der Waals surface area contributed by atoms with Gasteiger partial charge in [0.15, 0.2) is 0 Å². The van der Waals surface area contributed by atoms with Crippen molar-refractivity contribution in [3.05, 3.63) is 41.5 Å². The van der Waals surface area contributed by atoms with Crippen LogP contribution in [0.25, 0.3) is 0 Å². The van der Waals surface area contributed by atoms with Gasteiger partial charge < -0.3 is 9.47 Å². The van der Waals surface area contributed by atoms with Crippen LogP contribution in [0.1, 0.15) is 69.8 Å². The van der Waals surface area contributed by atoms with E-state index in [0.29, 0.717) is 18.4 Å². The van der Waals surface area contributed by atoms with Gasteiger partial charge in [-0.1, -0.05) is 38.0 Å². The Labute approximate surface area is 151 Å². The van der Waals surface area contributed by atoms with E-state index in [1.807, 2.05) is 19.1 Å². The zero-order chi connectivity index (χ0) is 17.7. The molecule has 0 aliphatic heterocycles. The topological polar surface area (TPSA) is 35.5 Å². The van der Waals surface area contributed by atoms with E-state index in [-0.39, 0.29) is 11.9 Å². The molecule has 0 aromatic heterocycles. The van der Waals surface area contributed by atoms with Gasteiger partial charge in [-0.3, -0.25) is 4.79 Å². The summed E-state index contributed by atoms with van der Waals surface area (Å²) in [7, 11) is 1.43. The van der Waals surface area contributed by atoms with E-state index in [1.165, 1.54) is 57.6 Å². The molecule has 2 aliphatic rings. The van der Waals surface area contributed by atoms with Gasteiger partial charge in [0.1, 0.15) is 12.4 Å².